The monoisotopic (exact) mass is 430 g/mol. The van der Waals surface area contributed by atoms with Gasteiger partial charge in [0.1, 0.15) is 11.5 Å². The quantitative estimate of drug-likeness (QED) is 0.650. The van der Waals surface area contributed by atoms with Crippen LogP contribution in [0.3, 0.4) is 0 Å². The van der Waals surface area contributed by atoms with Crippen LogP contribution in [0.5, 0.6) is 0 Å². The predicted octanol–water partition coefficient (Wildman–Crippen LogP) is 2.76. The normalized spacial score (nSPS) is 20.0. The van der Waals surface area contributed by atoms with Crippen molar-refractivity contribution < 1.29 is 4.74 Å². The minimum absolute atomic E-state index is 0.591. The molecule has 0 saturated carbocycles. The van der Waals surface area contributed by atoms with E-state index < -0.39 is 0 Å². The van der Waals surface area contributed by atoms with Crippen LogP contribution in [0.4, 0.5) is 11.5 Å². The number of hydrogen-bond acceptors (Lipinski definition) is 6. The number of aromatic nitrogens is 3. The maximum absolute atomic E-state index is 6.36. The number of fused-ring (bicyclic) bond motifs is 3. The molecule has 0 unspecified atom stereocenters. The van der Waals surface area contributed by atoms with Gasteiger partial charge >= 0.3 is 0 Å². The number of pyridine rings is 2. The number of nitrogen functional groups attached to an aromatic ring is 1. The highest BCUT2D eigenvalue weighted by atomic mass is 79.9. The number of nitrogens with zero attached hydrogens (tertiary/aromatic N) is 4. The second kappa shape index (κ2) is 6.92. The van der Waals surface area contributed by atoms with E-state index in [-0.39, 0.29) is 0 Å². The fourth-order valence-electron chi connectivity index (χ4n) is 4.46. The van der Waals surface area contributed by atoms with Crippen molar-refractivity contribution in [2.24, 2.45) is 0 Å². The van der Waals surface area contributed by atoms with Crippen LogP contribution in [0.25, 0.3) is 21.9 Å². The zero-order valence-corrected chi connectivity index (χ0v) is 16.7. The van der Waals surface area contributed by atoms with Crippen molar-refractivity contribution in [3.63, 3.8) is 0 Å². The number of anilines is 2. The smallest absolute Gasteiger partial charge is 0.147 e. The molecule has 8 heteroatoms. The van der Waals surface area contributed by atoms with Crippen molar-refractivity contribution in [2.75, 3.05) is 50.0 Å². The second-order valence-electron chi connectivity index (χ2n) is 7.32. The maximum Gasteiger partial charge on any atom is 0.147 e. The fourth-order valence-corrected chi connectivity index (χ4v) is 4.79. The van der Waals surface area contributed by atoms with E-state index in [9.17, 15) is 0 Å². The minimum atomic E-state index is 0.591. The van der Waals surface area contributed by atoms with Gasteiger partial charge in [0.25, 0.3) is 0 Å². The molecule has 2 aliphatic heterocycles. The molecular weight excluding hydrogens is 408 g/mol. The van der Waals surface area contributed by atoms with Crippen molar-refractivity contribution in [3.8, 4) is 0 Å². The molecule has 0 aromatic carbocycles. The Bertz CT molecular complexity index is 975. The van der Waals surface area contributed by atoms with E-state index in [1.54, 1.807) is 0 Å². The van der Waals surface area contributed by atoms with Crippen LogP contribution >= 0.6 is 15.9 Å². The number of H-pyrrole nitrogens is 1. The number of nitrogens with two attached hydrogens (primary N) is 1. The number of piperidine rings is 1. The lowest BCUT2D eigenvalue weighted by Gasteiger charge is -2.41. The van der Waals surface area contributed by atoms with Crippen LogP contribution < -0.4 is 10.6 Å². The van der Waals surface area contributed by atoms with Crippen LogP contribution in [0.1, 0.15) is 12.8 Å². The molecule has 0 spiro atoms. The first-order valence-corrected chi connectivity index (χ1v) is 10.3. The van der Waals surface area contributed by atoms with Crippen LogP contribution in [0.2, 0.25) is 0 Å². The summed E-state index contributed by atoms with van der Waals surface area (Å²) in [6.45, 7) is 5.78. The summed E-state index contributed by atoms with van der Waals surface area (Å²) in [4.78, 5) is 17.3. The van der Waals surface area contributed by atoms with Gasteiger partial charge in [-0.1, -0.05) is 0 Å². The molecule has 0 aliphatic carbocycles. The molecule has 27 heavy (non-hydrogen) atoms. The average molecular weight is 431 g/mol. The van der Waals surface area contributed by atoms with E-state index in [4.69, 9.17) is 10.5 Å². The molecule has 2 aliphatic rings. The fraction of sp³-hybridized carbons (Fsp3) is 0.474. The van der Waals surface area contributed by atoms with Crippen molar-refractivity contribution in [3.05, 3.63) is 22.9 Å². The molecule has 2 saturated heterocycles. The Morgan fingerprint density at radius 2 is 1.89 bits per heavy atom. The van der Waals surface area contributed by atoms with E-state index in [1.165, 1.54) is 0 Å². The van der Waals surface area contributed by atoms with Gasteiger partial charge in [-0.25, -0.2) is 9.97 Å². The molecular formula is C19H23BrN6O. The molecule has 0 atom stereocenters. The first-order chi connectivity index (χ1) is 13.2. The summed E-state index contributed by atoms with van der Waals surface area (Å²) in [5.74, 6) is 0.591. The molecule has 3 aromatic rings. The van der Waals surface area contributed by atoms with Gasteiger partial charge < -0.3 is 20.4 Å². The minimum Gasteiger partial charge on any atom is -0.382 e. The van der Waals surface area contributed by atoms with E-state index in [2.05, 4.69) is 46.7 Å². The molecule has 0 bridgehead atoms. The zero-order valence-electron chi connectivity index (χ0n) is 15.1. The first-order valence-electron chi connectivity index (χ1n) is 9.49. The number of hydrogen-bond donors (Lipinski definition) is 2. The first kappa shape index (κ1) is 17.2. The Morgan fingerprint density at radius 3 is 2.67 bits per heavy atom. The summed E-state index contributed by atoms with van der Waals surface area (Å²) in [5, 5.41) is 2.20. The predicted molar refractivity (Wildman–Crippen MR) is 111 cm³/mol. The number of nitrogens with one attached hydrogen (secondary N) is 1. The van der Waals surface area contributed by atoms with E-state index >= 15 is 0 Å². The van der Waals surface area contributed by atoms with E-state index in [0.717, 1.165) is 84.3 Å². The summed E-state index contributed by atoms with van der Waals surface area (Å²) in [7, 11) is 0. The molecule has 5 rings (SSSR count). The Kier molecular flexibility index (Phi) is 4.41. The van der Waals surface area contributed by atoms with E-state index in [0.29, 0.717) is 11.9 Å². The van der Waals surface area contributed by atoms with Gasteiger partial charge in [-0.2, -0.15) is 0 Å². The molecule has 142 valence electrons. The molecule has 0 radical (unpaired) electrons. The number of rotatable bonds is 2. The number of aromatic amines is 1. The largest absolute Gasteiger partial charge is 0.382 e. The van der Waals surface area contributed by atoms with Gasteiger partial charge in [0, 0.05) is 53.7 Å². The third-order valence-electron chi connectivity index (χ3n) is 5.80. The average Bonchev–Trinajstić information content (AvgIpc) is 3.07. The Balaban J connectivity index is 1.49. The molecule has 3 N–H and O–H groups in total. The van der Waals surface area contributed by atoms with Crippen LogP contribution in [-0.2, 0) is 4.74 Å². The standard InChI is InChI=1S/C19H23BrN6O/c20-12-9-14-16-15(24-19(14)23-10-12)11-22-18(21)17(16)26-3-1-13(2-4-26)25-5-7-27-8-6-25/h9-11,13H,1-8H2,(H2,21,22)(H,23,24). The summed E-state index contributed by atoms with van der Waals surface area (Å²) in [6, 6.07) is 2.74. The van der Waals surface area contributed by atoms with Crippen LogP contribution in [0.15, 0.2) is 22.9 Å². The number of morpholine rings is 1. The highest BCUT2D eigenvalue weighted by Gasteiger charge is 2.28. The van der Waals surface area contributed by atoms with E-state index in [1.807, 2.05) is 12.4 Å². The summed E-state index contributed by atoms with van der Waals surface area (Å²) < 4.78 is 6.46. The van der Waals surface area contributed by atoms with Crippen molar-refractivity contribution in [1.82, 2.24) is 19.9 Å². The van der Waals surface area contributed by atoms with Crippen molar-refractivity contribution in [2.45, 2.75) is 18.9 Å². The topological polar surface area (TPSA) is 83.3 Å². The highest BCUT2D eigenvalue weighted by Crippen LogP contribution is 2.38. The second-order valence-corrected chi connectivity index (χ2v) is 8.24. The van der Waals surface area contributed by atoms with Crippen LogP contribution in [0, 0.1) is 0 Å². The van der Waals surface area contributed by atoms with Gasteiger partial charge in [0.15, 0.2) is 0 Å². The van der Waals surface area contributed by atoms with Gasteiger partial charge in [0.05, 0.1) is 30.6 Å². The Hall–Kier alpha value is -1.90. The lowest BCUT2D eigenvalue weighted by atomic mass is 10.0. The molecule has 7 nitrogen and oxygen atoms in total. The molecule has 2 fully saturated rings. The van der Waals surface area contributed by atoms with Gasteiger partial charge in [-0.15, -0.1) is 0 Å². The van der Waals surface area contributed by atoms with Crippen LogP contribution in [-0.4, -0.2) is 65.3 Å². The third-order valence-corrected chi connectivity index (χ3v) is 6.23. The molecule has 0 amide bonds. The third kappa shape index (κ3) is 3.05. The number of halogens is 1. The SMILES string of the molecule is Nc1ncc2[nH]c3ncc(Br)cc3c2c1N1CCC(N2CCOCC2)CC1. The lowest BCUT2D eigenvalue weighted by molar-refractivity contribution is 0.0115. The van der Waals surface area contributed by atoms with Crippen molar-refractivity contribution in [1.29, 1.82) is 0 Å². The summed E-state index contributed by atoms with van der Waals surface area (Å²) in [5.41, 5.74) is 9.25. The Labute approximate surface area is 166 Å². The zero-order chi connectivity index (χ0) is 18.4. The maximum atomic E-state index is 6.36. The molecule has 5 heterocycles. The summed E-state index contributed by atoms with van der Waals surface area (Å²) in [6.07, 6.45) is 5.90. The van der Waals surface area contributed by atoms with Gasteiger partial charge in [-0.05, 0) is 34.8 Å². The van der Waals surface area contributed by atoms with Crippen molar-refractivity contribution >= 4 is 49.4 Å². The molecule has 3 aromatic heterocycles. The van der Waals surface area contributed by atoms with Gasteiger partial charge in [0.2, 0.25) is 0 Å². The van der Waals surface area contributed by atoms with Gasteiger partial charge in [-0.3, -0.25) is 4.90 Å². The lowest BCUT2D eigenvalue weighted by Crippen LogP contribution is -2.49. The summed E-state index contributed by atoms with van der Waals surface area (Å²) >= 11 is 3.54. The number of ether oxygens (including phenoxy) is 1. The highest BCUT2D eigenvalue weighted by molar-refractivity contribution is 9.10. The Morgan fingerprint density at radius 1 is 1.11 bits per heavy atom.